The Morgan fingerprint density at radius 3 is 2.48 bits per heavy atom. The van der Waals surface area contributed by atoms with E-state index < -0.39 is 11.7 Å². The highest BCUT2D eigenvalue weighted by Gasteiger charge is 2.29. The van der Waals surface area contributed by atoms with Crippen LogP contribution >= 0.6 is 0 Å². The molecule has 0 atom stereocenters. The summed E-state index contributed by atoms with van der Waals surface area (Å²) in [4.78, 5) is 8.16. The van der Waals surface area contributed by atoms with E-state index in [0.717, 1.165) is 18.6 Å². The van der Waals surface area contributed by atoms with Gasteiger partial charge in [-0.1, -0.05) is 25.0 Å². The normalized spacial score (nSPS) is 11.0. The van der Waals surface area contributed by atoms with E-state index in [1.807, 2.05) is 6.92 Å². The lowest BCUT2D eigenvalue weighted by molar-refractivity contribution is -0.137. The Labute approximate surface area is 132 Å². The van der Waals surface area contributed by atoms with Crippen LogP contribution in [0, 0.1) is 11.8 Å². The van der Waals surface area contributed by atoms with E-state index >= 15 is 0 Å². The molecule has 0 amide bonds. The summed E-state index contributed by atoms with van der Waals surface area (Å²) in [6.45, 7) is 2.54. The maximum Gasteiger partial charge on any atom is 0.416 e. The van der Waals surface area contributed by atoms with Gasteiger partial charge >= 0.3 is 6.18 Å². The zero-order valence-corrected chi connectivity index (χ0v) is 12.5. The number of rotatable bonds is 4. The van der Waals surface area contributed by atoms with Crippen LogP contribution in [0.1, 0.15) is 24.6 Å². The van der Waals surface area contributed by atoms with E-state index in [1.165, 1.54) is 18.5 Å². The Balaban J connectivity index is 2.07. The molecule has 1 heterocycles. The first-order valence-corrected chi connectivity index (χ1v) is 7.02. The smallest absolute Gasteiger partial charge is 0.362 e. The number of alkyl halides is 3. The van der Waals surface area contributed by atoms with Crippen molar-refractivity contribution < 1.29 is 17.9 Å². The van der Waals surface area contributed by atoms with Gasteiger partial charge in [-0.05, 0) is 18.2 Å². The number of ether oxygens (including phenoxy) is 1. The molecule has 0 radical (unpaired) electrons. The first-order valence-electron chi connectivity index (χ1n) is 7.02. The molecule has 1 aromatic heterocycles. The Morgan fingerprint density at radius 2 is 1.83 bits per heavy atom. The molecule has 0 aliphatic heterocycles. The highest BCUT2D eigenvalue weighted by Crippen LogP contribution is 2.30. The van der Waals surface area contributed by atoms with Gasteiger partial charge in [-0.2, -0.15) is 13.2 Å². The van der Waals surface area contributed by atoms with E-state index in [0.29, 0.717) is 23.6 Å². The molecule has 0 N–H and O–H groups in total. The number of benzene rings is 1. The topological polar surface area (TPSA) is 35.0 Å². The molecule has 2 rings (SSSR count). The number of halogens is 3. The standard InChI is InChI=1S/C17H15F3N2O/c1-2-3-4-9-23-11-15-10-16(22-12-21-15)13-5-7-14(8-6-13)17(18,19)20/h5-8,10,12H,2,9,11H2,1H3. The Bertz CT molecular complexity index is 700. The van der Waals surface area contributed by atoms with Crippen LogP contribution in [0.25, 0.3) is 11.3 Å². The summed E-state index contributed by atoms with van der Waals surface area (Å²) in [6.07, 6.45) is -2.21. The lowest BCUT2D eigenvalue weighted by Gasteiger charge is -2.08. The molecule has 0 bridgehead atoms. The fraction of sp³-hybridized carbons (Fsp3) is 0.294. The number of aromatic nitrogens is 2. The van der Waals surface area contributed by atoms with E-state index in [9.17, 15) is 13.2 Å². The second-order valence-corrected chi connectivity index (χ2v) is 4.67. The molecular formula is C17H15F3N2O. The van der Waals surface area contributed by atoms with Gasteiger partial charge in [-0.3, -0.25) is 0 Å². The average Bonchev–Trinajstić information content (AvgIpc) is 2.54. The predicted molar refractivity (Wildman–Crippen MR) is 80.2 cm³/mol. The lowest BCUT2D eigenvalue weighted by Crippen LogP contribution is -2.04. The molecule has 2 aromatic rings. The fourth-order valence-corrected chi connectivity index (χ4v) is 1.85. The molecule has 23 heavy (non-hydrogen) atoms. The molecule has 0 unspecified atom stereocenters. The number of hydrogen-bond acceptors (Lipinski definition) is 3. The van der Waals surface area contributed by atoms with E-state index in [1.54, 1.807) is 6.07 Å². The van der Waals surface area contributed by atoms with Gasteiger partial charge in [0.25, 0.3) is 0 Å². The third-order valence-electron chi connectivity index (χ3n) is 2.96. The van der Waals surface area contributed by atoms with Gasteiger partial charge in [-0.25, -0.2) is 9.97 Å². The van der Waals surface area contributed by atoms with Crippen molar-refractivity contribution in [1.29, 1.82) is 0 Å². The molecule has 3 nitrogen and oxygen atoms in total. The van der Waals surface area contributed by atoms with Gasteiger partial charge in [-0.15, -0.1) is 5.92 Å². The zero-order chi connectivity index (χ0) is 16.7. The van der Waals surface area contributed by atoms with Crippen molar-refractivity contribution in [3.8, 4) is 23.1 Å². The van der Waals surface area contributed by atoms with Gasteiger partial charge < -0.3 is 4.74 Å². The van der Waals surface area contributed by atoms with E-state index in [-0.39, 0.29) is 6.61 Å². The minimum atomic E-state index is -4.34. The molecule has 1 aromatic carbocycles. The fourth-order valence-electron chi connectivity index (χ4n) is 1.85. The molecule has 0 spiro atoms. The van der Waals surface area contributed by atoms with E-state index in [2.05, 4.69) is 21.8 Å². The minimum absolute atomic E-state index is 0.272. The largest absolute Gasteiger partial charge is 0.416 e. The van der Waals surface area contributed by atoms with Gasteiger partial charge in [0.2, 0.25) is 0 Å². The minimum Gasteiger partial charge on any atom is -0.362 e. The highest BCUT2D eigenvalue weighted by atomic mass is 19.4. The maximum absolute atomic E-state index is 12.6. The van der Waals surface area contributed by atoms with Crippen molar-refractivity contribution in [3.05, 3.63) is 47.9 Å². The van der Waals surface area contributed by atoms with Crippen molar-refractivity contribution >= 4 is 0 Å². The Morgan fingerprint density at radius 1 is 1.09 bits per heavy atom. The molecular weight excluding hydrogens is 305 g/mol. The van der Waals surface area contributed by atoms with Crippen LogP contribution in [0.3, 0.4) is 0 Å². The van der Waals surface area contributed by atoms with Crippen LogP contribution in [0.15, 0.2) is 36.7 Å². The van der Waals surface area contributed by atoms with Gasteiger partial charge in [0, 0.05) is 12.0 Å². The summed E-state index contributed by atoms with van der Waals surface area (Å²) in [5.41, 5.74) is 1.10. The third-order valence-corrected chi connectivity index (χ3v) is 2.96. The summed E-state index contributed by atoms with van der Waals surface area (Å²) in [6, 6.07) is 6.54. The van der Waals surface area contributed by atoms with Crippen LogP contribution in [-0.4, -0.2) is 16.6 Å². The zero-order valence-electron chi connectivity index (χ0n) is 12.5. The third kappa shape index (κ3) is 5.08. The van der Waals surface area contributed by atoms with Gasteiger partial charge in [0.1, 0.15) is 12.9 Å². The molecule has 6 heteroatoms. The molecule has 0 aliphatic rings. The molecule has 0 fully saturated rings. The quantitative estimate of drug-likeness (QED) is 0.628. The molecule has 0 aliphatic carbocycles. The SMILES string of the molecule is CCC#CCOCc1cc(-c2ccc(C(F)(F)F)cc2)ncn1. The Kier molecular flexibility index (Phi) is 5.72. The second-order valence-electron chi connectivity index (χ2n) is 4.67. The van der Waals surface area contributed by atoms with Crippen LogP contribution in [0.5, 0.6) is 0 Å². The number of hydrogen-bond donors (Lipinski definition) is 0. The summed E-state index contributed by atoms with van der Waals surface area (Å²) < 4.78 is 43.0. The van der Waals surface area contributed by atoms with Crippen LogP contribution < -0.4 is 0 Å². The first-order chi connectivity index (χ1) is 11.0. The van der Waals surface area contributed by atoms with Crippen molar-refractivity contribution in [2.45, 2.75) is 26.1 Å². The van der Waals surface area contributed by atoms with Crippen molar-refractivity contribution in [2.75, 3.05) is 6.61 Å². The predicted octanol–water partition coefficient (Wildman–Crippen LogP) is 4.09. The van der Waals surface area contributed by atoms with Gasteiger partial charge in [0.15, 0.2) is 0 Å². The first kappa shape index (κ1) is 17.0. The summed E-state index contributed by atoms with van der Waals surface area (Å²) >= 11 is 0. The van der Waals surface area contributed by atoms with Crippen molar-refractivity contribution in [3.63, 3.8) is 0 Å². The maximum atomic E-state index is 12.6. The summed E-state index contributed by atoms with van der Waals surface area (Å²) in [7, 11) is 0. The second kappa shape index (κ2) is 7.75. The molecule has 120 valence electrons. The Hall–Kier alpha value is -2.39. The van der Waals surface area contributed by atoms with Crippen molar-refractivity contribution in [1.82, 2.24) is 9.97 Å². The van der Waals surface area contributed by atoms with Crippen LogP contribution in [0.4, 0.5) is 13.2 Å². The molecule has 0 saturated carbocycles. The summed E-state index contributed by atoms with van der Waals surface area (Å²) in [5.74, 6) is 5.74. The highest BCUT2D eigenvalue weighted by molar-refractivity contribution is 5.59. The lowest BCUT2D eigenvalue weighted by atomic mass is 10.1. The van der Waals surface area contributed by atoms with Gasteiger partial charge in [0.05, 0.1) is 23.6 Å². The molecule has 0 saturated heterocycles. The van der Waals surface area contributed by atoms with E-state index in [4.69, 9.17) is 4.74 Å². The van der Waals surface area contributed by atoms with Crippen LogP contribution in [0.2, 0.25) is 0 Å². The average molecular weight is 320 g/mol. The summed E-state index contributed by atoms with van der Waals surface area (Å²) in [5, 5.41) is 0. The number of nitrogens with zero attached hydrogens (tertiary/aromatic N) is 2. The van der Waals surface area contributed by atoms with Crippen LogP contribution in [-0.2, 0) is 17.5 Å². The van der Waals surface area contributed by atoms with Crippen molar-refractivity contribution in [2.24, 2.45) is 0 Å². The monoisotopic (exact) mass is 320 g/mol.